The molecule has 0 bridgehead atoms. The molecular weight excluding hydrogens is 1040 g/mol. The minimum Gasteiger partial charge on any atom is -0.379 e. The summed E-state index contributed by atoms with van der Waals surface area (Å²) in [4.78, 5) is 64.3. The number of hydrogen-bond acceptors (Lipinski definition) is 12. The summed E-state index contributed by atoms with van der Waals surface area (Å²) in [6.45, 7) is 15.4. The molecule has 1 aromatic heterocycles. The van der Waals surface area contributed by atoms with E-state index in [2.05, 4.69) is 44.1 Å². The lowest BCUT2D eigenvalue weighted by Gasteiger charge is -2.50. The number of nitrogens with zero attached hydrogens (tertiary/aromatic N) is 9. The van der Waals surface area contributed by atoms with Crippen molar-refractivity contribution in [3.05, 3.63) is 105 Å². The van der Waals surface area contributed by atoms with E-state index in [0.29, 0.717) is 73.6 Å². The van der Waals surface area contributed by atoms with Crippen LogP contribution in [0.4, 0.5) is 28.9 Å². The Morgan fingerprint density at radius 2 is 1.60 bits per heavy atom. The predicted octanol–water partition coefficient (Wildman–Crippen LogP) is 7.82. The maximum Gasteiger partial charge on any atom is 0.416 e. The average Bonchev–Trinajstić information content (AvgIpc) is 4.27. The number of piperidine rings is 3. The Bertz CT molecular complexity index is 3060. The number of halogens is 4. The molecule has 0 spiro atoms. The number of carbonyl (C=O) groups excluding carboxylic acids is 4. The third-order valence-corrected chi connectivity index (χ3v) is 19.3. The molecule has 3 aromatic carbocycles. The smallest absolute Gasteiger partial charge is 0.379 e. The number of benzene rings is 3. The number of hydrogen-bond donors (Lipinski definition) is 1. The first-order chi connectivity index (χ1) is 38.8. The van der Waals surface area contributed by atoms with Crippen molar-refractivity contribution in [2.75, 3.05) is 81.9 Å². The zero-order chi connectivity index (χ0) is 56.5. The fourth-order valence-corrected chi connectivity index (χ4v) is 14.9. The van der Waals surface area contributed by atoms with Gasteiger partial charge in [0.15, 0.2) is 5.82 Å². The number of aryl methyl sites for hydroxylation is 1. The maximum atomic E-state index is 16.1. The van der Waals surface area contributed by atoms with E-state index in [1.54, 1.807) is 37.5 Å². The summed E-state index contributed by atoms with van der Waals surface area (Å²) in [6, 6.07) is 12.3. The molecule has 434 valence electrons. The zero-order valence-electron chi connectivity index (χ0n) is 47.1. The molecule has 6 fully saturated rings. The van der Waals surface area contributed by atoms with Gasteiger partial charge in [0.1, 0.15) is 18.2 Å². The Morgan fingerprint density at radius 3 is 2.31 bits per heavy atom. The van der Waals surface area contributed by atoms with Crippen molar-refractivity contribution in [2.24, 2.45) is 18.9 Å². The second kappa shape index (κ2) is 22.1. The van der Waals surface area contributed by atoms with Gasteiger partial charge in [-0.1, -0.05) is 12.1 Å². The number of aromatic nitrogens is 3. The van der Waals surface area contributed by atoms with Crippen LogP contribution in [-0.4, -0.2) is 154 Å². The fourth-order valence-electron chi connectivity index (χ4n) is 14.9. The summed E-state index contributed by atoms with van der Waals surface area (Å²) in [7, 11) is 1.89. The van der Waals surface area contributed by atoms with Gasteiger partial charge in [0.05, 0.1) is 49.3 Å². The van der Waals surface area contributed by atoms with Crippen LogP contribution >= 0.6 is 0 Å². The lowest BCUT2D eigenvalue weighted by atomic mass is 9.75. The maximum absolute atomic E-state index is 16.1. The van der Waals surface area contributed by atoms with Gasteiger partial charge in [-0.2, -0.15) is 13.2 Å². The normalized spacial score (nSPS) is 26.7. The summed E-state index contributed by atoms with van der Waals surface area (Å²) in [5, 5.41) is 10.6. The van der Waals surface area contributed by atoms with Crippen LogP contribution in [-0.2, 0) is 57.2 Å². The van der Waals surface area contributed by atoms with Crippen LogP contribution in [0.5, 0.6) is 0 Å². The third-order valence-electron chi connectivity index (χ3n) is 19.3. The minimum absolute atomic E-state index is 0.00821. The lowest BCUT2D eigenvalue weighted by molar-refractivity contribution is -0.139. The van der Waals surface area contributed by atoms with Crippen LogP contribution < -0.4 is 15.1 Å². The number of fused-ring (bicyclic) bond motifs is 2. The Kier molecular flexibility index (Phi) is 15.2. The minimum atomic E-state index is -4.64. The van der Waals surface area contributed by atoms with Crippen LogP contribution in [0, 0.1) is 17.7 Å². The van der Waals surface area contributed by atoms with Crippen molar-refractivity contribution in [3.63, 3.8) is 0 Å². The summed E-state index contributed by atoms with van der Waals surface area (Å²) in [5.74, 6) is -0.306. The topological polar surface area (TPSA) is 149 Å². The van der Waals surface area contributed by atoms with Crippen LogP contribution in [0.15, 0.2) is 54.9 Å². The number of anilines is 2. The van der Waals surface area contributed by atoms with E-state index < -0.39 is 41.5 Å². The van der Waals surface area contributed by atoms with Gasteiger partial charge in [-0.25, -0.2) is 4.39 Å². The molecule has 3 atom stereocenters. The van der Waals surface area contributed by atoms with Gasteiger partial charge in [0.25, 0.3) is 11.8 Å². The fraction of sp³-hybridized carbons (Fsp3) is 0.607. The number of imide groups is 1. The standard InChI is InChI=1S/C61H76F4N10O6/c1-38-54-47(58(79)75(38)43-9-5-8-42(27-43)60(35-80-36-60)28-52-68-66-37-69(52)4)25-41(26-49(54)61(63,64)65)31-70-20-6-7-40(30-70)32-73-24-23-71(34-59(73,2)3)29-39-10-12-44(13-11-39)81-45-18-21-72(22-19-45)50-15-14-46-48(55(50)62)33-74(57(46)78)51-16-17-53(76)67-56(51)77/h5,8-9,14-15,25-27,37-40,44-45,51H,6-7,10-13,16-24,28-36H2,1-4H3,(H,67,76,77)/t38?,39-,40-,44-,51?/m0/s1. The van der Waals surface area contributed by atoms with E-state index in [-0.39, 0.29) is 71.1 Å². The van der Waals surface area contributed by atoms with Gasteiger partial charge in [-0.05, 0) is 150 Å². The summed E-state index contributed by atoms with van der Waals surface area (Å²) >= 11 is 0. The van der Waals surface area contributed by atoms with Crippen molar-refractivity contribution in [2.45, 2.75) is 146 Å². The van der Waals surface area contributed by atoms with E-state index in [9.17, 15) is 19.2 Å². The zero-order valence-corrected chi connectivity index (χ0v) is 47.1. The SMILES string of the molecule is CC1c2c(cc(CN3CCC[C@H](CN4CCN(C[C@H]5CC[C@H](OC6CCN(c7ccc8c(c7F)CN(C7CCC(=O)NC7=O)C8=O)CC6)CC5)CC4(C)C)C3)cc2C(F)(F)F)C(=O)N1c1cccc(C2(Cc3nncn3C)COC2)c1. The first-order valence-corrected chi connectivity index (χ1v) is 29.5. The molecule has 8 aliphatic rings. The molecule has 4 amide bonds. The van der Waals surface area contributed by atoms with Crippen molar-refractivity contribution in [1.29, 1.82) is 0 Å². The molecule has 8 heterocycles. The van der Waals surface area contributed by atoms with Gasteiger partial charge < -0.3 is 28.7 Å². The van der Waals surface area contributed by atoms with E-state index in [1.165, 1.54) is 15.9 Å². The van der Waals surface area contributed by atoms with E-state index in [0.717, 1.165) is 109 Å². The first-order valence-electron chi connectivity index (χ1n) is 29.5. The summed E-state index contributed by atoms with van der Waals surface area (Å²) < 4.78 is 75.6. The number of rotatable bonds is 14. The average molecular weight is 1120 g/mol. The lowest BCUT2D eigenvalue weighted by Crippen LogP contribution is -2.61. The van der Waals surface area contributed by atoms with Crippen molar-refractivity contribution in [1.82, 2.24) is 39.7 Å². The van der Waals surface area contributed by atoms with Crippen molar-refractivity contribution < 1.29 is 46.2 Å². The van der Waals surface area contributed by atoms with E-state index in [1.807, 2.05) is 34.7 Å². The van der Waals surface area contributed by atoms with Crippen LogP contribution in [0.1, 0.15) is 145 Å². The van der Waals surface area contributed by atoms with Crippen LogP contribution in [0.25, 0.3) is 0 Å². The molecule has 0 radical (unpaired) electrons. The molecule has 7 aliphatic heterocycles. The van der Waals surface area contributed by atoms with Gasteiger partial charge in [-0.3, -0.25) is 39.2 Å². The largest absolute Gasteiger partial charge is 0.416 e. The van der Waals surface area contributed by atoms with E-state index in [4.69, 9.17) is 9.47 Å². The molecule has 81 heavy (non-hydrogen) atoms. The highest BCUT2D eigenvalue weighted by Crippen LogP contribution is 2.47. The molecule has 20 heteroatoms. The number of nitrogens with one attached hydrogen (secondary N) is 1. The number of amides is 4. The number of carbonyl (C=O) groups is 4. The number of alkyl halides is 3. The second-order valence-corrected chi connectivity index (χ2v) is 25.3. The van der Waals surface area contributed by atoms with Gasteiger partial charge >= 0.3 is 6.18 Å². The third kappa shape index (κ3) is 11.0. The first kappa shape index (κ1) is 55.7. The molecule has 2 unspecified atom stereocenters. The Labute approximate surface area is 471 Å². The molecule has 12 rings (SSSR count). The molecule has 5 saturated heterocycles. The summed E-state index contributed by atoms with van der Waals surface area (Å²) in [5.41, 5.74) is 2.06. The van der Waals surface area contributed by atoms with E-state index >= 15 is 17.6 Å². The van der Waals surface area contributed by atoms with Gasteiger partial charge in [-0.15, -0.1) is 10.2 Å². The highest BCUT2D eigenvalue weighted by atomic mass is 19.4. The molecule has 16 nitrogen and oxygen atoms in total. The summed E-state index contributed by atoms with van der Waals surface area (Å²) in [6.07, 6.45) is 6.19. The molecule has 1 aliphatic carbocycles. The van der Waals surface area contributed by atoms with Crippen LogP contribution in [0.2, 0.25) is 0 Å². The molecular formula is C61H76F4N10O6. The highest BCUT2D eigenvalue weighted by molar-refractivity contribution is 6.11. The van der Waals surface area contributed by atoms with Crippen LogP contribution in [0.3, 0.4) is 0 Å². The highest BCUT2D eigenvalue weighted by Gasteiger charge is 2.47. The second-order valence-electron chi connectivity index (χ2n) is 25.3. The predicted molar refractivity (Wildman–Crippen MR) is 295 cm³/mol. The Hall–Kier alpha value is -5.80. The number of likely N-dealkylation sites (tertiary alicyclic amines) is 1. The van der Waals surface area contributed by atoms with Gasteiger partial charge in [0, 0.05) is 112 Å². The van der Waals surface area contributed by atoms with Crippen molar-refractivity contribution in [3.8, 4) is 0 Å². The Morgan fingerprint density at radius 1 is 0.827 bits per heavy atom. The quantitative estimate of drug-likeness (QED) is 0.0970. The van der Waals surface area contributed by atoms with Gasteiger partial charge in [0.2, 0.25) is 11.8 Å². The number of ether oxygens (including phenoxy) is 2. The molecule has 4 aromatic rings. The number of piperazine rings is 1. The monoisotopic (exact) mass is 1120 g/mol. The van der Waals surface area contributed by atoms with Crippen molar-refractivity contribution >= 4 is 35.0 Å². The molecule has 1 saturated carbocycles. The molecule has 1 N–H and O–H groups in total. The Balaban J connectivity index is 0.603.